The molecule has 1 N–H and O–H groups in total. The molecular formula is C18H23NO5. The van der Waals surface area contributed by atoms with Gasteiger partial charge in [0, 0.05) is 23.7 Å². The molecule has 1 aromatic carbocycles. The van der Waals surface area contributed by atoms with E-state index in [1.807, 2.05) is 13.8 Å². The molecule has 1 aromatic heterocycles. The van der Waals surface area contributed by atoms with Crippen LogP contribution in [0.25, 0.3) is 0 Å². The third kappa shape index (κ3) is 3.32. The predicted octanol–water partition coefficient (Wildman–Crippen LogP) is 3.16. The highest BCUT2D eigenvalue weighted by Crippen LogP contribution is 2.34. The number of furan rings is 1. The second kappa shape index (κ2) is 7.29. The van der Waals surface area contributed by atoms with Crippen LogP contribution < -0.4 is 19.5 Å². The minimum Gasteiger partial charge on any atom is -0.496 e. The molecule has 0 atom stereocenters. The minimum absolute atomic E-state index is 0.182. The van der Waals surface area contributed by atoms with E-state index in [9.17, 15) is 4.79 Å². The molecule has 6 heteroatoms. The fourth-order valence-electron chi connectivity index (χ4n) is 2.62. The van der Waals surface area contributed by atoms with E-state index in [0.29, 0.717) is 35.1 Å². The summed E-state index contributed by atoms with van der Waals surface area (Å²) in [4.78, 5) is 12.5. The van der Waals surface area contributed by atoms with Gasteiger partial charge in [0.15, 0.2) is 11.5 Å². The molecule has 0 aliphatic heterocycles. The van der Waals surface area contributed by atoms with Gasteiger partial charge in [-0.05, 0) is 26.8 Å². The average Bonchev–Trinajstić information content (AvgIpc) is 2.84. The van der Waals surface area contributed by atoms with Crippen LogP contribution in [-0.4, -0.2) is 27.2 Å². The van der Waals surface area contributed by atoms with Crippen LogP contribution in [0.5, 0.6) is 17.2 Å². The first-order valence-corrected chi connectivity index (χ1v) is 7.56. The van der Waals surface area contributed by atoms with Crippen LogP contribution >= 0.6 is 0 Å². The quantitative estimate of drug-likeness (QED) is 0.879. The molecule has 0 radical (unpaired) electrons. The lowest BCUT2D eigenvalue weighted by Gasteiger charge is -2.14. The first-order valence-electron chi connectivity index (χ1n) is 7.56. The van der Waals surface area contributed by atoms with Gasteiger partial charge in [-0.25, -0.2) is 0 Å². The molecule has 6 nitrogen and oxygen atoms in total. The van der Waals surface area contributed by atoms with Gasteiger partial charge in [-0.1, -0.05) is 0 Å². The summed E-state index contributed by atoms with van der Waals surface area (Å²) in [5.41, 5.74) is 2.22. The van der Waals surface area contributed by atoms with Crippen molar-refractivity contribution in [1.82, 2.24) is 5.32 Å². The lowest BCUT2D eigenvalue weighted by atomic mass is 10.1. The van der Waals surface area contributed by atoms with E-state index < -0.39 is 0 Å². The summed E-state index contributed by atoms with van der Waals surface area (Å²) >= 11 is 0. The first-order chi connectivity index (χ1) is 11.4. The van der Waals surface area contributed by atoms with Gasteiger partial charge in [0.25, 0.3) is 5.91 Å². The van der Waals surface area contributed by atoms with Crippen molar-refractivity contribution in [2.24, 2.45) is 0 Å². The molecule has 1 amide bonds. The fraction of sp³-hybridized carbons (Fsp3) is 0.389. The number of hydrogen-bond acceptors (Lipinski definition) is 5. The summed E-state index contributed by atoms with van der Waals surface area (Å²) in [6.07, 6.45) is 0. The molecule has 2 rings (SSSR count). The molecule has 1 heterocycles. The summed E-state index contributed by atoms with van der Waals surface area (Å²) in [7, 11) is 4.69. The summed E-state index contributed by atoms with van der Waals surface area (Å²) in [6, 6.07) is 3.52. The number of aryl methyl sites for hydroxylation is 2. The third-order valence-corrected chi connectivity index (χ3v) is 4.01. The lowest BCUT2D eigenvalue weighted by molar-refractivity contribution is 0.0948. The topological polar surface area (TPSA) is 69.9 Å². The van der Waals surface area contributed by atoms with Crippen LogP contribution in [0.4, 0.5) is 0 Å². The van der Waals surface area contributed by atoms with Crippen LogP contribution in [0.3, 0.4) is 0 Å². The molecule has 0 bridgehead atoms. The highest BCUT2D eigenvalue weighted by atomic mass is 16.5. The van der Waals surface area contributed by atoms with Gasteiger partial charge in [-0.2, -0.15) is 0 Å². The zero-order valence-electron chi connectivity index (χ0n) is 14.9. The van der Waals surface area contributed by atoms with E-state index in [4.69, 9.17) is 18.6 Å². The van der Waals surface area contributed by atoms with Crippen molar-refractivity contribution in [3.05, 3.63) is 40.3 Å². The number of carbonyl (C=O) groups is 1. The Morgan fingerprint density at radius 1 is 0.958 bits per heavy atom. The Morgan fingerprint density at radius 3 is 2.04 bits per heavy atom. The monoisotopic (exact) mass is 333 g/mol. The molecule has 0 aliphatic rings. The predicted molar refractivity (Wildman–Crippen MR) is 90.2 cm³/mol. The van der Waals surface area contributed by atoms with Crippen LogP contribution in [0.2, 0.25) is 0 Å². The Balaban J connectivity index is 2.23. The van der Waals surface area contributed by atoms with Crippen molar-refractivity contribution in [3.63, 3.8) is 0 Å². The smallest absolute Gasteiger partial charge is 0.255 e. The van der Waals surface area contributed by atoms with Gasteiger partial charge in [0.2, 0.25) is 0 Å². The van der Waals surface area contributed by atoms with Crippen molar-refractivity contribution in [2.45, 2.75) is 27.3 Å². The lowest BCUT2D eigenvalue weighted by Crippen LogP contribution is -2.24. The van der Waals surface area contributed by atoms with E-state index >= 15 is 0 Å². The van der Waals surface area contributed by atoms with Crippen molar-refractivity contribution in [2.75, 3.05) is 21.3 Å². The van der Waals surface area contributed by atoms with Crippen molar-refractivity contribution >= 4 is 5.91 Å². The minimum atomic E-state index is -0.182. The maximum absolute atomic E-state index is 12.5. The Bertz CT molecular complexity index is 748. The van der Waals surface area contributed by atoms with Crippen molar-refractivity contribution in [3.8, 4) is 17.2 Å². The highest BCUT2D eigenvalue weighted by molar-refractivity contribution is 5.96. The van der Waals surface area contributed by atoms with E-state index in [-0.39, 0.29) is 5.91 Å². The van der Waals surface area contributed by atoms with Crippen LogP contribution in [0.15, 0.2) is 16.5 Å². The molecule has 24 heavy (non-hydrogen) atoms. The normalized spacial score (nSPS) is 10.4. The number of nitrogens with one attached hydrogen (secondary N) is 1. The number of ether oxygens (including phenoxy) is 3. The number of rotatable bonds is 6. The largest absolute Gasteiger partial charge is 0.496 e. The van der Waals surface area contributed by atoms with Crippen LogP contribution in [0.1, 0.15) is 33.0 Å². The fourth-order valence-corrected chi connectivity index (χ4v) is 2.62. The zero-order valence-corrected chi connectivity index (χ0v) is 14.9. The number of amides is 1. The van der Waals surface area contributed by atoms with Gasteiger partial charge in [0.05, 0.1) is 26.9 Å². The number of carbonyl (C=O) groups excluding carboxylic acids is 1. The Hall–Kier alpha value is -2.63. The molecule has 0 fully saturated rings. The molecule has 2 aromatic rings. The summed E-state index contributed by atoms with van der Waals surface area (Å²) in [6.45, 7) is 5.80. The molecule has 130 valence electrons. The molecule has 0 saturated carbocycles. The highest BCUT2D eigenvalue weighted by Gasteiger charge is 2.19. The zero-order chi connectivity index (χ0) is 17.9. The Morgan fingerprint density at radius 2 is 1.54 bits per heavy atom. The third-order valence-electron chi connectivity index (χ3n) is 4.01. The second-order valence-corrected chi connectivity index (χ2v) is 5.42. The summed E-state index contributed by atoms with van der Waals surface area (Å²) < 4.78 is 21.4. The van der Waals surface area contributed by atoms with Gasteiger partial charge in [0.1, 0.15) is 17.3 Å². The molecule has 0 unspecified atom stereocenters. The van der Waals surface area contributed by atoms with Crippen LogP contribution in [0, 0.1) is 20.8 Å². The standard InChI is InChI=1S/C18H23NO5/c1-10-11(2)24-12(3)17(10)18(20)19-9-13-7-15(22-5)16(23-6)8-14(13)21-4/h7-8H,9H2,1-6H3,(H,19,20). The number of hydrogen-bond donors (Lipinski definition) is 1. The van der Waals surface area contributed by atoms with Gasteiger partial charge in [-0.15, -0.1) is 0 Å². The van der Waals surface area contributed by atoms with E-state index in [1.165, 1.54) is 0 Å². The summed E-state index contributed by atoms with van der Waals surface area (Å²) in [5, 5.41) is 2.90. The second-order valence-electron chi connectivity index (χ2n) is 5.42. The average molecular weight is 333 g/mol. The van der Waals surface area contributed by atoms with Gasteiger partial charge < -0.3 is 23.9 Å². The Kier molecular flexibility index (Phi) is 5.39. The number of methoxy groups -OCH3 is 3. The van der Waals surface area contributed by atoms with Crippen LogP contribution in [-0.2, 0) is 6.54 Å². The molecular weight excluding hydrogens is 310 g/mol. The maximum atomic E-state index is 12.5. The van der Waals surface area contributed by atoms with Crippen molar-refractivity contribution < 1.29 is 23.4 Å². The van der Waals surface area contributed by atoms with Gasteiger partial charge in [-0.3, -0.25) is 4.79 Å². The Labute approximate surface area is 141 Å². The van der Waals surface area contributed by atoms with E-state index in [1.54, 1.807) is 40.4 Å². The first kappa shape index (κ1) is 17.7. The van der Waals surface area contributed by atoms with E-state index in [0.717, 1.165) is 16.9 Å². The van der Waals surface area contributed by atoms with E-state index in [2.05, 4.69) is 5.32 Å². The van der Waals surface area contributed by atoms with Crippen molar-refractivity contribution in [1.29, 1.82) is 0 Å². The van der Waals surface area contributed by atoms with Gasteiger partial charge >= 0.3 is 0 Å². The molecule has 0 saturated heterocycles. The summed E-state index contributed by atoms with van der Waals surface area (Å²) in [5.74, 6) is 2.95. The molecule has 0 spiro atoms. The number of benzene rings is 1. The SMILES string of the molecule is COc1cc(OC)c(OC)cc1CNC(=O)c1c(C)oc(C)c1C. The molecule has 0 aliphatic carbocycles. The maximum Gasteiger partial charge on any atom is 0.255 e.